The number of allylic oxidation sites excluding steroid dienone is 2. The van der Waals surface area contributed by atoms with E-state index >= 15 is 0 Å². The van der Waals surface area contributed by atoms with Gasteiger partial charge in [0, 0.05) is 18.4 Å². The fourth-order valence-electron chi connectivity index (χ4n) is 3.40. The highest BCUT2D eigenvalue weighted by molar-refractivity contribution is 5.97. The molecule has 1 aliphatic rings. The van der Waals surface area contributed by atoms with Crippen molar-refractivity contribution in [1.29, 1.82) is 0 Å². The molecule has 2 aromatic rings. The first kappa shape index (κ1) is 22.6. The van der Waals surface area contributed by atoms with Gasteiger partial charge in [0.25, 0.3) is 0 Å². The Kier molecular flexibility index (Phi) is 7.47. The lowest BCUT2D eigenvalue weighted by atomic mass is 9.97. The summed E-state index contributed by atoms with van der Waals surface area (Å²) < 4.78 is 24.7. The monoisotopic (exact) mass is 426 g/mol. The van der Waals surface area contributed by atoms with Crippen molar-refractivity contribution in [2.75, 3.05) is 13.2 Å². The van der Waals surface area contributed by atoms with Crippen LogP contribution in [0.1, 0.15) is 53.7 Å². The molecular formula is C25H27FO5. The quantitative estimate of drug-likeness (QED) is 0.454. The first-order valence-electron chi connectivity index (χ1n) is 10.3. The highest BCUT2D eigenvalue weighted by Crippen LogP contribution is 2.37. The van der Waals surface area contributed by atoms with Gasteiger partial charge < -0.3 is 19.7 Å². The molecule has 0 radical (unpaired) electrons. The summed E-state index contributed by atoms with van der Waals surface area (Å²) in [5.74, 6) is -1.41. The van der Waals surface area contributed by atoms with E-state index < -0.39 is 5.97 Å². The predicted molar refractivity (Wildman–Crippen MR) is 118 cm³/mol. The van der Waals surface area contributed by atoms with Crippen molar-refractivity contribution < 1.29 is 28.9 Å². The number of hydrogen-bond acceptors (Lipinski definition) is 4. The average molecular weight is 426 g/mol. The molecule has 1 saturated heterocycles. The Morgan fingerprint density at radius 2 is 1.87 bits per heavy atom. The maximum atomic E-state index is 13.2. The van der Waals surface area contributed by atoms with Gasteiger partial charge in [0.1, 0.15) is 29.0 Å². The molecule has 5 nitrogen and oxygen atoms in total. The van der Waals surface area contributed by atoms with Crippen molar-refractivity contribution in [2.24, 2.45) is 0 Å². The van der Waals surface area contributed by atoms with Crippen molar-refractivity contribution in [1.82, 2.24) is 0 Å². The lowest BCUT2D eigenvalue weighted by Gasteiger charge is -2.25. The molecule has 2 aromatic carbocycles. The molecule has 3 rings (SSSR count). The molecule has 6 heteroatoms. The van der Waals surface area contributed by atoms with Crippen LogP contribution in [-0.4, -0.2) is 35.5 Å². The van der Waals surface area contributed by atoms with E-state index in [1.807, 2.05) is 19.9 Å². The summed E-state index contributed by atoms with van der Waals surface area (Å²) in [6, 6.07) is 7.51. The summed E-state index contributed by atoms with van der Waals surface area (Å²) in [7, 11) is 0. The summed E-state index contributed by atoms with van der Waals surface area (Å²) in [6.45, 7) is 5.08. The minimum Gasteiger partial charge on any atom is -0.507 e. The van der Waals surface area contributed by atoms with Crippen molar-refractivity contribution in [2.45, 2.75) is 39.2 Å². The lowest BCUT2D eigenvalue weighted by molar-refractivity contribution is 0.0251. The third-order valence-corrected chi connectivity index (χ3v) is 5.11. The van der Waals surface area contributed by atoms with E-state index in [0.717, 1.165) is 18.4 Å². The van der Waals surface area contributed by atoms with Crippen LogP contribution in [0.25, 0.3) is 12.2 Å². The van der Waals surface area contributed by atoms with Crippen molar-refractivity contribution >= 4 is 18.1 Å². The van der Waals surface area contributed by atoms with Gasteiger partial charge in [-0.1, -0.05) is 35.9 Å². The van der Waals surface area contributed by atoms with Crippen LogP contribution < -0.4 is 4.74 Å². The molecule has 2 N–H and O–H groups in total. The SMILES string of the molecule is CC(C)=CCc1c(OC2CCOCC2)cc(C=Cc2ccc(F)cc2)c(C(=O)O)c1O. The number of phenols is 1. The molecule has 0 unspecified atom stereocenters. The number of aromatic carboxylic acids is 1. The van der Waals surface area contributed by atoms with Gasteiger partial charge in [-0.15, -0.1) is 0 Å². The highest BCUT2D eigenvalue weighted by atomic mass is 19.1. The standard InChI is InChI=1S/C25H27FO5/c1-16(2)3-10-21-22(31-20-11-13-30-14-12-20)15-18(23(24(21)27)25(28)29)7-4-17-5-8-19(26)9-6-17/h3-9,15,20,27H,10-14H2,1-2H3,(H,28,29). The molecule has 0 aliphatic carbocycles. The van der Waals surface area contributed by atoms with Crippen LogP contribution in [0.3, 0.4) is 0 Å². The largest absolute Gasteiger partial charge is 0.507 e. The average Bonchev–Trinajstić information content (AvgIpc) is 2.73. The van der Waals surface area contributed by atoms with Gasteiger partial charge in [-0.3, -0.25) is 0 Å². The van der Waals surface area contributed by atoms with E-state index in [4.69, 9.17) is 9.47 Å². The van der Waals surface area contributed by atoms with Crippen molar-refractivity contribution in [3.05, 3.63) is 70.1 Å². The van der Waals surface area contributed by atoms with Crippen LogP contribution in [0, 0.1) is 5.82 Å². The second kappa shape index (κ2) is 10.3. The summed E-state index contributed by atoms with van der Waals surface area (Å²) in [5, 5.41) is 20.7. The van der Waals surface area contributed by atoms with Gasteiger partial charge in [0.2, 0.25) is 0 Å². The van der Waals surface area contributed by atoms with E-state index in [2.05, 4.69) is 0 Å². The molecule has 0 atom stereocenters. The highest BCUT2D eigenvalue weighted by Gasteiger charge is 2.24. The number of rotatable bonds is 7. The first-order chi connectivity index (χ1) is 14.8. The molecular weight excluding hydrogens is 399 g/mol. The summed E-state index contributed by atoms with van der Waals surface area (Å²) in [4.78, 5) is 12.0. The Morgan fingerprint density at radius 3 is 2.48 bits per heavy atom. The first-order valence-corrected chi connectivity index (χ1v) is 10.3. The molecule has 0 aromatic heterocycles. The molecule has 0 bridgehead atoms. The fraction of sp³-hybridized carbons (Fsp3) is 0.320. The number of carbonyl (C=O) groups is 1. The van der Waals surface area contributed by atoms with E-state index in [0.29, 0.717) is 42.1 Å². The van der Waals surface area contributed by atoms with Crippen LogP contribution in [-0.2, 0) is 11.2 Å². The van der Waals surface area contributed by atoms with E-state index in [9.17, 15) is 19.4 Å². The maximum absolute atomic E-state index is 13.2. The zero-order chi connectivity index (χ0) is 22.4. The lowest BCUT2D eigenvalue weighted by Crippen LogP contribution is -2.26. The van der Waals surface area contributed by atoms with Crippen LogP contribution in [0.5, 0.6) is 11.5 Å². The Hall–Kier alpha value is -3.12. The minimum atomic E-state index is -1.23. The van der Waals surface area contributed by atoms with Crippen molar-refractivity contribution in [3.63, 3.8) is 0 Å². The third-order valence-electron chi connectivity index (χ3n) is 5.11. The summed E-state index contributed by atoms with van der Waals surface area (Å²) in [6.07, 6.45) is 6.94. The van der Waals surface area contributed by atoms with Crippen LogP contribution >= 0.6 is 0 Å². The number of benzene rings is 2. The molecule has 1 fully saturated rings. The minimum absolute atomic E-state index is 0.0665. The maximum Gasteiger partial charge on any atom is 0.340 e. The second-order valence-electron chi connectivity index (χ2n) is 7.77. The molecule has 0 saturated carbocycles. The fourth-order valence-corrected chi connectivity index (χ4v) is 3.40. The Bertz CT molecular complexity index is 982. The summed E-state index contributed by atoms with van der Waals surface area (Å²) >= 11 is 0. The Labute approximate surface area is 181 Å². The molecule has 0 spiro atoms. The van der Waals surface area contributed by atoms with Gasteiger partial charge in [-0.2, -0.15) is 0 Å². The molecule has 1 aliphatic heterocycles. The number of halogens is 1. The smallest absolute Gasteiger partial charge is 0.340 e. The predicted octanol–water partition coefficient (Wildman–Crippen LogP) is 5.47. The van der Waals surface area contributed by atoms with Crippen LogP contribution in [0.2, 0.25) is 0 Å². The van der Waals surface area contributed by atoms with Gasteiger partial charge in [0.05, 0.1) is 13.2 Å². The normalized spacial score (nSPS) is 14.5. The Morgan fingerprint density at radius 1 is 1.19 bits per heavy atom. The van der Waals surface area contributed by atoms with Gasteiger partial charge >= 0.3 is 5.97 Å². The third kappa shape index (κ3) is 5.95. The Balaban J connectivity index is 2.06. The second-order valence-corrected chi connectivity index (χ2v) is 7.77. The number of aromatic hydroxyl groups is 1. The molecule has 164 valence electrons. The number of carboxylic acid groups (broad SMARTS) is 1. The number of hydrogen-bond donors (Lipinski definition) is 2. The molecule has 1 heterocycles. The van der Waals surface area contributed by atoms with E-state index in [1.165, 1.54) is 12.1 Å². The van der Waals surface area contributed by atoms with E-state index in [1.54, 1.807) is 30.4 Å². The van der Waals surface area contributed by atoms with Gasteiger partial charge in [0.15, 0.2) is 0 Å². The topological polar surface area (TPSA) is 76.0 Å². The zero-order valence-corrected chi connectivity index (χ0v) is 17.7. The molecule has 0 amide bonds. The van der Waals surface area contributed by atoms with Crippen molar-refractivity contribution in [3.8, 4) is 11.5 Å². The van der Waals surface area contributed by atoms with Crippen LogP contribution in [0.15, 0.2) is 42.0 Å². The number of ether oxygens (including phenoxy) is 2. The number of carboxylic acids is 1. The van der Waals surface area contributed by atoms with Gasteiger partial charge in [-0.05, 0) is 49.6 Å². The van der Waals surface area contributed by atoms with Crippen LogP contribution in [0.4, 0.5) is 4.39 Å². The van der Waals surface area contributed by atoms with E-state index in [-0.39, 0.29) is 23.2 Å². The summed E-state index contributed by atoms with van der Waals surface area (Å²) in [5.41, 5.74) is 2.34. The van der Waals surface area contributed by atoms with Gasteiger partial charge in [-0.25, -0.2) is 9.18 Å². The zero-order valence-electron chi connectivity index (χ0n) is 17.7. The molecule has 31 heavy (non-hydrogen) atoms.